The summed E-state index contributed by atoms with van der Waals surface area (Å²) in [4.78, 5) is 13.3. The van der Waals surface area contributed by atoms with Crippen molar-refractivity contribution < 1.29 is 4.79 Å². The number of nitrogens with zero attached hydrogens (tertiary/aromatic N) is 1. The minimum absolute atomic E-state index is 0.254. The van der Waals surface area contributed by atoms with Crippen LogP contribution in [0, 0.1) is 3.57 Å². The number of carbonyl (C=O) groups excluding carboxylic acids is 1. The zero-order valence-corrected chi connectivity index (χ0v) is 9.32. The van der Waals surface area contributed by atoms with Gasteiger partial charge in [-0.05, 0) is 41.1 Å². The Morgan fingerprint density at radius 1 is 1.31 bits per heavy atom. The van der Waals surface area contributed by atoms with E-state index in [9.17, 15) is 4.79 Å². The lowest BCUT2D eigenvalue weighted by Crippen LogP contribution is -2.24. The van der Waals surface area contributed by atoms with Gasteiger partial charge in [0.2, 0.25) is 5.91 Å². The van der Waals surface area contributed by atoms with Gasteiger partial charge in [-0.1, -0.05) is 12.1 Å². The van der Waals surface area contributed by atoms with E-state index in [0.29, 0.717) is 6.42 Å². The summed E-state index contributed by atoms with van der Waals surface area (Å²) < 4.78 is 1.15. The lowest BCUT2D eigenvalue weighted by atomic mass is 10.3. The highest BCUT2D eigenvalue weighted by Crippen LogP contribution is 2.25. The van der Waals surface area contributed by atoms with Crippen molar-refractivity contribution in [2.24, 2.45) is 0 Å². The van der Waals surface area contributed by atoms with Gasteiger partial charge in [0.25, 0.3) is 0 Å². The van der Waals surface area contributed by atoms with Crippen molar-refractivity contribution in [1.82, 2.24) is 0 Å². The van der Waals surface area contributed by atoms with Crippen LogP contribution in [0.15, 0.2) is 24.3 Å². The number of rotatable bonds is 1. The van der Waals surface area contributed by atoms with Crippen molar-refractivity contribution in [2.75, 3.05) is 11.4 Å². The van der Waals surface area contributed by atoms with E-state index < -0.39 is 0 Å². The van der Waals surface area contributed by atoms with E-state index in [1.54, 1.807) is 0 Å². The monoisotopic (exact) mass is 287 g/mol. The molecule has 0 spiro atoms. The molecule has 68 valence electrons. The Balaban J connectivity index is 2.34. The number of halogens is 1. The fourth-order valence-electron chi connectivity index (χ4n) is 1.57. The molecule has 0 unspecified atom stereocenters. The molecule has 0 aromatic heterocycles. The van der Waals surface area contributed by atoms with Crippen LogP contribution in [-0.4, -0.2) is 12.5 Å². The summed E-state index contributed by atoms with van der Waals surface area (Å²) in [6, 6.07) is 8.00. The Bertz CT molecular complexity index is 337. The molecule has 0 atom stereocenters. The lowest BCUT2D eigenvalue weighted by molar-refractivity contribution is -0.117. The highest BCUT2D eigenvalue weighted by Gasteiger charge is 2.22. The normalized spacial score (nSPS) is 16.7. The van der Waals surface area contributed by atoms with Gasteiger partial charge in [0.05, 0.1) is 5.69 Å². The predicted octanol–water partition coefficient (Wildman–Crippen LogP) is 2.42. The summed E-state index contributed by atoms with van der Waals surface area (Å²) in [5.41, 5.74) is 1.06. The predicted molar refractivity (Wildman–Crippen MR) is 60.7 cm³/mol. The second-order valence-electron chi connectivity index (χ2n) is 3.10. The first-order valence-corrected chi connectivity index (χ1v) is 5.42. The number of benzene rings is 1. The summed E-state index contributed by atoms with van der Waals surface area (Å²) in [6.07, 6.45) is 1.69. The minimum Gasteiger partial charge on any atom is -0.311 e. The summed E-state index contributed by atoms with van der Waals surface area (Å²) in [7, 11) is 0. The maximum atomic E-state index is 11.4. The minimum atomic E-state index is 0.254. The molecule has 0 bridgehead atoms. The summed E-state index contributed by atoms with van der Waals surface area (Å²) >= 11 is 2.27. The van der Waals surface area contributed by atoms with Crippen molar-refractivity contribution in [3.8, 4) is 0 Å². The fraction of sp³-hybridized carbons (Fsp3) is 0.300. The molecule has 1 aliphatic rings. The molecule has 1 aromatic carbocycles. The van der Waals surface area contributed by atoms with E-state index in [1.165, 1.54) is 0 Å². The van der Waals surface area contributed by atoms with Crippen LogP contribution in [0.4, 0.5) is 5.69 Å². The van der Waals surface area contributed by atoms with E-state index in [4.69, 9.17) is 0 Å². The van der Waals surface area contributed by atoms with Gasteiger partial charge in [-0.15, -0.1) is 0 Å². The molecule has 1 amide bonds. The summed E-state index contributed by atoms with van der Waals surface area (Å²) in [5.74, 6) is 0.254. The molecule has 3 heteroatoms. The Hall–Kier alpha value is -0.580. The zero-order chi connectivity index (χ0) is 9.26. The Morgan fingerprint density at radius 2 is 2.08 bits per heavy atom. The number of carbonyl (C=O) groups is 1. The van der Waals surface area contributed by atoms with Crippen molar-refractivity contribution in [2.45, 2.75) is 12.8 Å². The van der Waals surface area contributed by atoms with Gasteiger partial charge in [0.1, 0.15) is 0 Å². The molecular weight excluding hydrogens is 277 g/mol. The second-order valence-corrected chi connectivity index (χ2v) is 4.26. The quantitative estimate of drug-likeness (QED) is 0.726. The van der Waals surface area contributed by atoms with E-state index in [1.807, 2.05) is 29.2 Å². The van der Waals surface area contributed by atoms with Gasteiger partial charge in [0.15, 0.2) is 0 Å². The third-order valence-corrected chi connectivity index (χ3v) is 3.13. The molecule has 1 aromatic rings. The molecule has 13 heavy (non-hydrogen) atoms. The van der Waals surface area contributed by atoms with Crippen LogP contribution in [0.3, 0.4) is 0 Å². The average Bonchev–Trinajstić information content (AvgIpc) is 2.52. The van der Waals surface area contributed by atoms with Crippen molar-refractivity contribution in [1.29, 1.82) is 0 Å². The van der Waals surface area contributed by atoms with Gasteiger partial charge in [-0.25, -0.2) is 0 Å². The maximum absolute atomic E-state index is 11.4. The Kier molecular flexibility index (Phi) is 2.53. The van der Waals surface area contributed by atoms with Crippen LogP contribution in [-0.2, 0) is 4.79 Å². The van der Waals surface area contributed by atoms with Gasteiger partial charge in [-0.3, -0.25) is 4.79 Å². The largest absolute Gasteiger partial charge is 0.311 e. The molecule has 0 radical (unpaired) electrons. The molecule has 1 aliphatic heterocycles. The Labute approximate surface area is 91.1 Å². The molecular formula is C10H10INO. The van der Waals surface area contributed by atoms with Crippen LogP contribution in [0.1, 0.15) is 12.8 Å². The van der Waals surface area contributed by atoms with E-state index in [-0.39, 0.29) is 5.91 Å². The first kappa shape index (κ1) is 8.99. The first-order chi connectivity index (χ1) is 6.29. The van der Waals surface area contributed by atoms with Crippen LogP contribution in [0.25, 0.3) is 0 Å². The number of hydrogen-bond acceptors (Lipinski definition) is 1. The standard InChI is InChI=1S/C10H10INO/c11-8-4-1-2-5-9(8)12-7-3-6-10(12)13/h1-2,4-5H,3,6-7H2. The molecule has 2 rings (SSSR count). The van der Waals surface area contributed by atoms with E-state index in [2.05, 4.69) is 22.6 Å². The topological polar surface area (TPSA) is 20.3 Å². The SMILES string of the molecule is O=C1CCCN1c1ccccc1I. The van der Waals surface area contributed by atoms with E-state index >= 15 is 0 Å². The molecule has 1 heterocycles. The zero-order valence-electron chi connectivity index (χ0n) is 7.16. The highest BCUT2D eigenvalue weighted by atomic mass is 127. The van der Waals surface area contributed by atoms with Gasteiger partial charge < -0.3 is 4.90 Å². The summed E-state index contributed by atoms with van der Waals surface area (Å²) in [6.45, 7) is 0.874. The molecule has 1 fully saturated rings. The first-order valence-electron chi connectivity index (χ1n) is 4.34. The van der Waals surface area contributed by atoms with Gasteiger partial charge in [0, 0.05) is 16.5 Å². The van der Waals surface area contributed by atoms with Gasteiger partial charge in [-0.2, -0.15) is 0 Å². The van der Waals surface area contributed by atoms with Crippen LogP contribution >= 0.6 is 22.6 Å². The van der Waals surface area contributed by atoms with Crippen LogP contribution < -0.4 is 4.90 Å². The maximum Gasteiger partial charge on any atom is 0.227 e. The molecule has 1 saturated heterocycles. The highest BCUT2D eigenvalue weighted by molar-refractivity contribution is 14.1. The van der Waals surface area contributed by atoms with Crippen molar-refractivity contribution in [3.05, 3.63) is 27.8 Å². The number of para-hydroxylation sites is 1. The van der Waals surface area contributed by atoms with Crippen molar-refractivity contribution in [3.63, 3.8) is 0 Å². The Morgan fingerprint density at radius 3 is 2.69 bits per heavy atom. The average molecular weight is 287 g/mol. The molecule has 0 N–H and O–H groups in total. The smallest absolute Gasteiger partial charge is 0.227 e. The van der Waals surface area contributed by atoms with Gasteiger partial charge >= 0.3 is 0 Å². The lowest BCUT2D eigenvalue weighted by Gasteiger charge is -2.16. The number of amides is 1. The third-order valence-electron chi connectivity index (χ3n) is 2.22. The van der Waals surface area contributed by atoms with E-state index in [0.717, 1.165) is 22.2 Å². The van der Waals surface area contributed by atoms with Crippen LogP contribution in [0.2, 0.25) is 0 Å². The van der Waals surface area contributed by atoms with Crippen molar-refractivity contribution >= 4 is 34.2 Å². The third kappa shape index (κ3) is 1.70. The summed E-state index contributed by atoms with van der Waals surface area (Å²) in [5, 5.41) is 0. The molecule has 0 aliphatic carbocycles. The molecule has 2 nitrogen and oxygen atoms in total. The number of anilines is 1. The number of hydrogen-bond donors (Lipinski definition) is 0. The fourth-order valence-corrected chi connectivity index (χ4v) is 2.25. The van der Waals surface area contributed by atoms with Crippen LogP contribution in [0.5, 0.6) is 0 Å². The molecule has 0 saturated carbocycles. The second kappa shape index (κ2) is 3.65.